The lowest BCUT2D eigenvalue weighted by Crippen LogP contribution is -2.49. The molecule has 0 radical (unpaired) electrons. The van der Waals surface area contributed by atoms with Crippen molar-refractivity contribution in [2.45, 2.75) is 38.1 Å². The van der Waals surface area contributed by atoms with Gasteiger partial charge in [0.05, 0.1) is 0 Å². The van der Waals surface area contributed by atoms with Gasteiger partial charge in [-0.2, -0.15) is 0 Å². The van der Waals surface area contributed by atoms with Gasteiger partial charge in [0, 0.05) is 19.1 Å². The number of nitrogens with zero attached hydrogens (tertiary/aromatic N) is 1. The van der Waals surface area contributed by atoms with E-state index in [0.29, 0.717) is 6.04 Å². The summed E-state index contributed by atoms with van der Waals surface area (Å²) in [6.07, 6.45) is 6.91. The first-order valence-corrected chi connectivity index (χ1v) is 8.25. The average Bonchev–Trinajstić information content (AvgIpc) is 2.37. The molecule has 1 saturated carbocycles. The summed E-state index contributed by atoms with van der Waals surface area (Å²) in [5, 5.41) is 3.83. The van der Waals surface area contributed by atoms with E-state index < -0.39 is 0 Å². The standard InChI is InChI=1S/C18H28N2/c1-20-13-17(10-15-6-3-2-4-7-15)11-18(14-20)19-12-16-8-5-9-16/h2-4,6-7,16-19H,5,8-14H2,1H3. The number of hydrogen-bond donors (Lipinski definition) is 1. The van der Waals surface area contributed by atoms with Crippen molar-refractivity contribution >= 4 is 0 Å². The largest absolute Gasteiger partial charge is 0.312 e. The summed E-state index contributed by atoms with van der Waals surface area (Å²) in [5.74, 6) is 1.77. The number of piperidine rings is 1. The van der Waals surface area contributed by atoms with Crippen molar-refractivity contribution in [3.05, 3.63) is 35.9 Å². The Bertz CT molecular complexity index is 399. The lowest BCUT2D eigenvalue weighted by molar-refractivity contribution is 0.159. The van der Waals surface area contributed by atoms with Gasteiger partial charge >= 0.3 is 0 Å². The zero-order valence-electron chi connectivity index (χ0n) is 12.7. The van der Waals surface area contributed by atoms with Crippen molar-refractivity contribution in [3.8, 4) is 0 Å². The third-order valence-electron chi connectivity index (χ3n) is 5.01. The molecule has 2 heteroatoms. The van der Waals surface area contributed by atoms with Gasteiger partial charge in [-0.05, 0) is 56.7 Å². The minimum absolute atomic E-state index is 0.697. The molecule has 1 aromatic rings. The molecule has 2 fully saturated rings. The van der Waals surface area contributed by atoms with Gasteiger partial charge in [-0.25, -0.2) is 0 Å². The highest BCUT2D eigenvalue weighted by atomic mass is 15.1. The Morgan fingerprint density at radius 3 is 2.60 bits per heavy atom. The summed E-state index contributed by atoms with van der Waals surface area (Å²) >= 11 is 0. The summed E-state index contributed by atoms with van der Waals surface area (Å²) in [7, 11) is 2.27. The Labute approximate surface area is 123 Å². The van der Waals surface area contributed by atoms with Gasteiger partial charge < -0.3 is 10.2 Å². The van der Waals surface area contributed by atoms with Crippen LogP contribution in [0.4, 0.5) is 0 Å². The SMILES string of the molecule is CN1CC(Cc2ccccc2)CC(NCC2CCC2)C1. The van der Waals surface area contributed by atoms with Crippen LogP contribution in [0.15, 0.2) is 30.3 Å². The maximum absolute atomic E-state index is 3.83. The molecule has 0 amide bonds. The van der Waals surface area contributed by atoms with Gasteiger partial charge in [0.25, 0.3) is 0 Å². The van der Waals surface area contributed by atoms with Crippen LogP contribution in [-0.4, -0.2) is 37.6 Å². The molecule has 1 N–H and O–H groups in total. The number of likely N-dealkylation sites (N-methyl/N-ethyl adjacent to an activating group) is 1. The van der Waals surface area contributed by atoms with Crippen molar-refractivity contribution < 1.29 is 0 Å². The van der Waals surface area contributed by atoms with Gasteiger partial charge in [-0.15, -0.1) is 0 Å². The number of nitrogens with one attached hydrogen (secondary N) is 1. The summed E-state index contributed by atoms with van der Waals surface area (Å²) in [5.41, 5.74) is 1.49. The molecule has 2 atom stereocenters. The molecule has 1 heterocycles. The molecule has 0 bridgehead atoms. The third-order valence-corrected chi connectivity index (χ3v) is 5.01. The quantitative estimate of drug-likeness (QED) is 0.886. The van der Waals surface area contributed by atoms with Crippen LogP contribution in [-0.2, 0) is 6.42 Å². The van der Waals surface area contributed by atoms with Gasteiger partial charge in [0.2, 0.25) is 0 Å². The van der Waals surface area contributed by atoms with E-state index >= 15 is 0 Å². The van der Waals surface area contributed by atoms with E-state index in [1.807, 2.05) is 0 Å². The van der Waals surface area contributed by atoms with Crippen LogP contribution in [0.1, 0.15) is 31.2 Å². The van der Waals surface area contributed by atoms with Crippen LogP contribution in [0, 0.1) is 11.8 Å². The molecule has 3 rings (SSSR count). The van der Waals surface area contributed by atoms with Gasteiger partial charge in [-0.3, -0.25) is 0 Å². The summed E-state index contributed by atoms with van der Waals surface area (Å²) < 4.78 is 0. The zero-order valence-corrected chi connectivity index (χ0v) is 12.7. The zero-order chi connectivity index (χ0) is 13.8. The minimum Gasteiger partial charge on any atom is -0.312 e. The predicted molar refractivity (Wildman–Crippen MR) is 84.9 cm³/mol. The molecule has 1 saturated heterocycles. The highest BCUT2D eigenvalue weighted by molar-refractivity contribution is 5.15. The maximum Gasteiger partial charge on any atom is 0.0198 e. The average molecular weight is 272 g/mol. The Morgan fingerprint density at radius 2 is 1.90 bits per heavy atom. The minimum atomic E-state index is 0.697. The third kappa shape index (κ3) is 3.83. The summed E-state index contributed by atoms with van der Waals surface area (Å²) in [6.45, 7) is 3.71. The first kappa shape index (κ1) is 14.1. The first-order valence-electron chi connectivity index (χ1n) is 8.25. The smallest absolute Gasteiger partial charge is 0.0198 e. The Kier molecular flexibility index (Phi) is 4.74. The first-order chi connectivity index (χ1) is 9.79. The number of hydrogen-bond acceptors (Lipinski definition) is 2. The fourth-order valence-corrected chi connectivity index (χ4v) is 3.72. The van der Waals surface area contributed by atoms with Crippen molar-refractivity contribution in [3.63, 3.8) is 0 Å². The van der Waals surface area contributed by atoms with E-state index in [1.165, 1.54) is 57.3 Å². The number of benzene rings is 1. The summed E-state index contributed by atoms with van der Waals surface area (Å²) in [4.78, 5) is 2.51. The van der Waals surface area contributed by atoms with E-state index in [-0.39, 0.29) is 0 Å². The van der Waals surface area contributed by atoms with E-state index in [4.69, 9.17) is 0 Å². The van der Waals surface area contributed by atoms with Crippen LogP contribution in [0.2, 0.25) is 0 Å². The lowest BCUT2D eigenvalue weighted by atomic mass is 9.84. The Balaban J connectivity index is 1.50. The normalized spacial score (nSPS) is 28.2. The van der Waals surface area contributed by atoms with Crippen LogP contribution in [0.3, 0.4) is 0 Å². The topological polar surface area (TPSA) is 15.3 Å². The molecule has 1 aliphatic carbocycles. The maximum atomic E-state index is 3.83. The van der Waals surface area contributed by atoms with Crippen LogP contribution < -0.4 is 5.32 Å². The van der Waals surface area contributed by atoms with Crippen molar-refractivity contribution in [2.75, 3.05) is 26.7 Å². The van der Waals surface area contributed by atoms with Crippen molar-refractivity contribution in [2.24, 2.45) is 11.8 Å². The fourth-order valence-electron chi connectivity index (χ4n) is 3.72. The van der Waals surface area contributed by atoms with Gasteiger partial charge in [0.15, 0.2) is 0 Å². The second kappa shape index (κ2) is 6.73. The molecule has 1 aromatic carbocycles. The Morgan fingerprint density at radius 1 is 1.10 bits per heavy atom. The molecule has 2 aliphatic rings. The molecule has 2 nitrogen and oxygen atoms in total. The van der Waals surface area contributed by atoms with E-state index in [1.54, 1.807) is 0 Å². The molecular formula is C18H28N2. The number of likely N-dealkylation sites (tertiary alicyclic amines) is 1. The van der Waals surface area contributed by atoms with E-state index in [2.05, 4.69) is 47.6 Å². The Hall–Kier alpha value is -0.860. The number of rotatable bonds is 5. The second-order valence-corrected chi connectivity index (χ2v) is 6.91. The molecular weight excluding hydrogens is 244 g/mol. The summed E-state index contributed by atoms with van der Waals surface area (Å²) in [6, 6.07) is 11.7. The fraction of sp³-hybridized carbons (Fsp3) is 0.667. The molecule has 0 aromatic heterocycles. The lowest BCUT2D eigenvalue weighted by Gasteiger charge is -2.37. The molecule has 2 unspecified atom stereocenters. The molecule has 1 aliphatic heterocycles. The van der Waals surface area contributed by atoms with Crippen LogP contribution in [0.5, 0.6) is 0 Å². The monoisotopic (exact) mass is 272 g/mol. The predicted octanol–water partition coefficient (Wildman–Crippen LogP) is 2.94. The van der Waals surface area contributed by atoms with Crippen LogP contribution >= 0.6 is 0 Å². The van der Waals surface area contributed by atoms with Crippen LogP contribution in [0.25, 0.3) is 0 Å². The molecule has 20 heavy (non-hydrogen) atoms. The highest BCUT2D eigenvalue weighted by Gasteiger charge is 2.26. The second-order valence-electron chi connectivity index (χ2n) is 6.91. The van der Waals surface area contributed by atoms with Gasteiger partial charge in [0.1, 0.15) is 0 Å². The van der Waals surface area contributed by atoms with Gasteiger partial charge in [-0.1, -0.05) is 36.8 Å². The highest BCUT2D eigenvalue weighted by Crippen LogP contribution is 2.26. The molecule has 0 spiro atoms. The van der Waals surface area contributed by atoms with E-state index in [0.717, 1.165) is 11.8 Å². The van der Waals surface area contributed by atoms with Crippen molar-refractivity contribution in [1.29, 1.82) is 0 Å². The van der Waals surface area contributed by atoms with Crippen molar-refractivity contribution in [1.82, 2.24) is 10.2 Å². The molecule has 110 valence electrons. The van der Waals surface area contributed by atoms with E-state index in [9.17, 15) is 0 Å².